The van der Waals surface area contributed by atoms with Gasteiger partial charge in [0.2, 0.25) is 0 Å². The van der Waals surface area contributed by atoms with Gasteiger partial charge in [0.1, 0.15) is 0 Å². The number of methoxy groups -OCH3 is 2. The van der Waals surface area contributed by atoms with Crippen molar-refractivity contribution in [2.75, 3.05) is 26.5 Å². The molecule has 7 heteroatoms. The van der Waals surface area contributed by atoms with E-state index in [0.717, 1.165) is 15.8 Å². The van der Waals surface area contributed by atoms with E-state index in [-0.39, 0.29) is 5.91 Å². The van der Waals surface area contributed by atoms with E-state index in [2.05, 4.69) is 10.3 Å². The Labute approximate surface area is 149 Å². The zero-order valence-corrected chi connectivity index (χ0v) is 14.9. The molecule has 25 heavy (non-hydrogen) atoms. The van der Waals surface area contributed by atoms with Crippen molar-refractivity contribution in [2.45, 2.75) is 6.42 Å². The SMILES string of the molecule is COc1ccc(CCNC(=O)c2ccc3nc(N)sc3c2)cc1OC. The quantitative estimate of drug-likeness (QED) is 0.708. The van der Waals surface area contributed by atoms with Crippen LogP contribution in [0.15, 0.2) is 36.4 Å². The number of amides is 1. The highest BCUT2D eigenvalue weighted by Crippen LogP contribution is 2.27. The topological polar surface area (TPSA) is 86.5 Å². The van der Waals surface area contributed by atoms with Crippen LogP contribution < -0.4 is 20.5 Å². The van der Waals surface area contributed by atoms with Gasteiger partial charge in [-0.25, -0.2) is 4.98 Å². The number of nitrogens with two attached hydrogens (primary N) is 1. The van der Waals surface area contributed by atoms with Gasteiger partial charge >= 0.3 is 0 Å². The number of carbonyl (C=O) groups is 1. The highest BCUT2D eigenvalue weighted by Gasteiger charge is 2.09. The van der Waals surface area contributed by atoms with Gasteiger partial charge < -0.3 is 20.5 Å². The number of fused-ring (bicyclic) bond motifs is 1. The Morgan fingerprint density at radius 3 is 2.72 bits per heavy atom. The van der Waals surface area contributed by atoms with Crippen molar-refractivity contribution in [1.82, 2.24) is 10.3 Å². The first kappa shape index (κ1) is 17.0. The minimum absolute atomic E-state index is 0.116. The number of aromatic nitrogens is 1. The molecule has 0 saturated heterocycles. The summed E-state index contributed by atoms with van der Waals surface area (Å²) in [6, 6.07) is 11.1. The van der Waals surface area contributed by atoms with Crippen molar-refractivity contribution in [3.8, 4) is 11.5 Å². The molecule has 2 aromatic carbocycles. The first-order valence-corrected chi connectivity index (χ1v) is 8.57. The summed E-state index contributed by atoms with van der Waals surface area (Å²) in [6.45, 7) is 0.525. The van der Waals surface area contributed by atoms with Crippen molar-refractivity contribution >= 4 is 32.6 Å². The van der Waals surface area contributed by atoms with Gasteiger partial charge in [0.25, 0.3) is 5.91 Å². The molecule has 1 heterocycles. The largest absolute Gasteiger partial charge is 0.493 e. The van der Waals surface area contributed by atoms with Crippen LogP contribution in [0.25, 0.3) is 10.2 Å². The lowest BCUT2D eigenvalue weighted by molar-refractivity contribution is 0.0954. The molecule has 3 N–H and O–H groups in total. The number of hydrogen-bond acceptors (Lipinski definition) is 6. The molecular weight excluding hydrogens is 338 g/mol. The van der Waals surface area contributed by atoms with Gasteiger partial charge in [0.05, 0.1) is 24.4 Å². The predicted molar refractivity (Wildman–Crippen MR) is 99.6 cm³/mol. The molecule has 1 aromatic heterocycles. The zero-order valence-electron chi connectivity index (χ0n) is 14.0. The highest BCUT2D eigenvalue weighted by atomic mass is 32.1. The number of hydrogen-bond donors (Lipinski definition) is 2. The van der Waals surface area contributed by atoms with E-state index in [4.69, 9.17) is 15.2 Å². The second-order valence-electron chi connectivity index (χ2n) is 5.43. The van der Waals surface area contributed by atoms with Crippen LogP contribution in [0.1, 0.15) is 15.9 Å². The summed E-state index contributed by atoms with van der Waals surface area (Å²) in [5, 5.41) is 3.43. The first-order chi connectivity index (χ1) is 12.1. The minimum atomic E-state index is -0.116. The summed E-state index contributed by atoms with van der Waals surface area (Å²) in [7, 11) is 3.21. The lowest BCUT2D eigenvalue weighted by atomic mass is 10.1. The van der Waals surface area contributed by atoms with Crippen LogP contribution in [0.5, 0.6) is 11.5 Å². The lowest BCUT2D eigenvalue weighted by Crippen LogP contribution is -2.25. The van der Waals surface area contributed by atoms with Crippen molar-refractivity contribution in [2.24, 2.45) is 0 Å². The maximum atomic E-state index is 12.3. The summed E-state index contributed by atoms with van der Waals surface area (Å²) in [6.07, 6.45) is 0.696. The normalized spacial score (nSPS) is 10.6. The van der Waals surface area contributed by atoms with Gasteiger partial charge in [-0.2, -0.15) is 0 Å². The predicted octanol–water partition coefficient (Wildman–Crippen LogP) is 2.87. The van der Waals surface area contributed by atoms with E-state index in [0.29, 0.717) is 35.2 Å². The van der Waals surface area contributed by atoms with E-state index in [1.165, 1.54) is 11.3 Å². The van der Waals surface area contributed by atoms with E-state index in [9.17, 15) is 4.79 Å². The van der Waals surface area contributed by atoms with E-state index in [1.54, 1.807) is 20.3 Å². The van der Waals surface area contributed by atoms with Crippen LogP contribution in [0.2, 0.25) is 0 Å². The molecule has 3 rings (SSSR count). The Kier molecular flexibility index (Phi) is 5.04. The second kappa shape index (κ2) is 7.40. The van der Waals surface area contributed by atoms with Crippen LogP contribution in [0.4, 0.5) is 5.13 Å². The second-order valence-corrected chi connectivity index (χ2v) is 6.49. The number of thiazole rings is 1. The van der Waals surface area contributed by atoms with Crippen LogP contribution >= 0.6 is 11.3 Å². The summed E-state index contributed by atoms with van der Waals surface area (Å²) < 4.78 is 11.4. The average Bonchev–Trinajstić information content (AvgIpc) is 3.00. The monoisotopic (exact) mass is 357 g/mol. The molecule has 0 radical (unpaired) electrons. The van der Waals surface area contributed by atoms with Gasteiger partial charge in [0, 0.05) is 12.1 Å². The van der Waals surface area contributed by atoms with Gasteiger partial charge in [-0.15, -0.1) is 0 Å². The summed E-state index contributed by atoms with van der Waals surface area (Å²) in [5.41, 5.74) is 8.16. The number of nitrogen functional groups attached to an aromatic ring is 1. The van der Waals surface area contributed by atoms with Gasteiger partial charge in [0.15, 0.2) is 16.6 Å². The van der Waals surface area contributed by atoms with Crippen LogP contribution in [0.3, 0.4) is 0 Å². The Balaban J connectivity index is 1.61. The van der Waals surface area contributed by atoms with Gasteiger partial charge in [-0.1, -0.05) is 17.4 Å². The van der Waals surface area contributed by atoms with Crippen molar-refractivity contribution in [3.05, 3.63) is 47.5 Å². The Hall–Kier alpha value is -2.80. The molecule has 0 atom stereocenters. The fraction of sp³-hybridized carbons (Fsp3) is 0.222. The molecule has 0 unspecified atom stereocenters. The molecule has 6 nitrogen and oxygen atoms in total. The molecule has 0 aliphatic heterocycles. The number of anilines is 1. The minimum Gasteiger partial charge on any atom is -0.493 e. The standard InChI is InChI=1S/C18H19N3O3S/c1-23-14-6-3-11(9-15(14)24-2)7-8-20-17(22)12-4-5-13-16(10-12)25-18(19)21-13/h3-6,9-10H,7-8H2,1-2H3,(H2,19,21)(H,20,22). The van der Waals surface area contributed by atoms with Gasteiger partial charge in [-0.3, -0.25) is 4.79 Å². The Morgan fingerprint density at radius 2 is 1.96 bits per heavy atom. The summed E-state index contributed by atoms with van der Waals surface area (Å²) in [4.78, 5) is 16.5. The number of ether oxygens (including phenoxy) is 2. The number of carbonyl (C=O) groups excluding carboxylic acids is 1. The maximum absolute atomic E-state index is 12.3. The molecule has 0 bridgehead atoms. The summed E-state index contributed by atoms with van der Waals surface area (Å²) in [5.74, 6) is 1.25. The van der Waals surface area contributed by atoms with Crippen molar-refractivity contribution in [3.63, 3.8) is 0 Å². The molecule has 0 aliphatic rings. The number of benzene rings is 2. The van der Waals surface area contributed by atoms with Crippen LogP contribution in [0, 0.1) is 0 Å². The third-order valence-electron chi connectivity index (χ3n) is 3.81. The molecule has 130 valence electrons. The number of rotatable bonds is 6. The molecule has 0 spiro atoms. The number of nitrogens with one attached hydrogen (secondary N) is 1. The van der Waals surface area contributed by atoms with E-state index >= 15 is 0 Å². The molecule has 3 aromatic rings. The molecule has 0 fully saturated rings. The van der Waals surface area contributed by atoms with E-state index < -0.39 is 0 Å². The van der Waals surface area contributed by atoms with Crippen LogP contribution in [-0.4, -0.2) is 31.7 Å². The van der Waals surface area contributed by atoms with Crippen molar-refractivity contribution < 1.29 is 14.3 Å². The van der Waals surface area contributed by atoms with Crippen LogP contribution in [-0.2, 0) is 6.42 Å². The van der Waals surface area contributed by atoms with Crippen molar-refractivity contribution in [1.29, 1.82) is 0 Å². The van der Waals surface area contributed by atoms with E-state index in [1.807, 2.05) is 30.3 Å². The molecule has 1 amide bonds. The molecule has 0 saturated carbocycles. The highest BCUT2D eigenvalue weighted by molar-refractivity contribution is 7.22. The smallest absolute Gasteiger partial charge is 0.251 e. The first-order valence-electron chi connectivity index (χ1n) is 7.76. The third kappa shape index (κ3) is 3.83. The Morgan fingerprint density at radius 1 is 1.16 bits per heavy atom. The van der Waals surface area contributed by atoms with Gasteiger partial charge in [-0.05, 0) is 42.3 Å². The molecule has 0 aliphatic carbocycles. The Bertz CT molecular complexity index is 908. The number of nitrogens with zero attached hydrogens (tertiary/aromatic N) is 1. The third-order valence-corrected chi connectivity index (χ3v) is 4.66. The zero-order chi connectivity index (χ0) is 17.8. The maximum Gasteiger partial charge on any atom is 0.251 e. The average molecular weight is 357 g/mol. The molecular formula is C18H19N3O3S. The lowest BCUT2D eigenvalue weighted by Gasteiger charge is -2.10. The fourth-order valence-electron chi connectivity index (χ4n) is 2.54. The fourth-order valence-corrected chi connectivity index (χ4v) is 3.32. The summed E-state index contributed by atoms with van der Waals surface area (Å²) >= 11 is 1.37.